The van der Waals surface area contributed by atoms with E-state index >= 15 is 0 Å². The smallest absolute Gasteiger partial charge is 0.0668 e. The zero-order valence-electron chi connectivity index (χ0n) is 11.4. The van der Waals surface area contributed by atoms with E-state index in [0.29, 0.717) is 6.04 Å². The fraction of sp³-hybridized carbons (Fsp3) is 0.600. The average Bonchev–Trinajstić information content (AvgIpc) is 2.29. The molecule has 0 N–H and O–H groups in total. The fourth-order valence-electron chi connectivity index (χ4n) is 2.26. The Balaban J connectivity index is 2.17. The van der Waals surface area contributed by atoms with Crippen LogP contribution >= 0.6 is 0 Å². The molecule has 1 aliphatic rings. The molecule has 1 saturated heterocycles. The van der Waals surface area contributed by atoms with Crippen molar-refractivity contribution in [2.75, 3.05) is 24.7 Å². The van der Waals surface area contributed by atoms with Crippen LogP contribution in [0.1, 0.15) is 33.3 Å². The number of rotatable bonds is 1. The average molecular weight is 233 g/mol. The Morgan fingerprint density at radius 3 is 2.35 bits per heavy atom. The van der Waals surface area contributed by atoms with Gasteiger partial charge in [0.1, 0.15) is 0 Å². The van der Waals surface area contributed by atoms with Gasteiger partial charge in [0.25, 0.3) is 0 Å². The van der Waals surface area contributed by atoms with Crippen LogP contribution in [0.3, 0.4) is 0 Å². The van der Waals surface area contributed by atoms with Crippen LogP contribution < -0.4 is 4.90 Å². The Labute approximate surface area is 105 Å². The molecule has 2 heteroatoms. The van der Waals surface area contributed by atoms with Crippen LogP contribution in [0.5, 0.6) is 0 Å². The van der Waals surface area contributed by atoms with Gasteiger partial charge in [0.2, 0.25) is 0 Å². The largest absolute Gasteiger partial charge is 0.377 e. The molecule has 1 fully saturated rings. The molecule has 17 heavy (non-hydrogen) atoms. The molecule has 1 atom stereocenters. The molecule has 2 rings (SSSR count). The first-order valence-corrected chi connectivity index (χ1v) is 6.43. The third-order valence-corrected chi connectivity index (χ3v) is 3.43. The van der Waals surface area contributed by atoms with Crippen molar-refractivity contribution in [3.63, 3.8) is 0 Å². The molecule has 0 spiro atoms. The lowest BCUT2D eigenvalue weighted by Crippen LogP contribution is -2.43. The number of anilines is 1. The minimum absolute atomic E-state index is 0.231. The lowest BCUT2D eigenvalue weighted by Gasteiger charge is -2.35. The highest BCUT2D eigenvalue weighted by Gasteiger charge is 2.20. The maximum Gasteiger partial charge on any atom is 0.0668 e. The van der Waals surface area contributed by atoms with Gasteiger partial charge in [-0.3, -0.25) is 0 Å². The maximum absolute atomic E-state index is 5.47. The summed E-state index contributed by atoms with van der Waals surface area (Å²) < 4.78 is 5.47. The Bertz CT molecular complexity index is 364. The molecule has 1 aromatic rings. The molecule has 2 nitrogen and oxygen atoms in total. The van der Waals surface area contributed by atoms with Gasteiger partial charge in [-0.25, -0.2) is 0 Å². The van der Waals surface area contributed by atoms with Crippen LogP contribution in [-0.4, -0.2) is 25.8 Å². The molecule has 0 radical (unpaired) electrons. The van der Waals surface area contributed by atoms with Gasteiger partial charge in [0.05, 0.1) is 13.2 Å². The Hall–Kier alpha value is -1.02. The van der Waals surface area contributed by atoms with Crippen molar-refractivity contribution in [1.82, 2.24) is 0 Å². The minimum Gasteiger partial charge on any atom is -0.377 e. The van der Waals surface area contributed by atoms with Gasteiger partial charge in [-0.1, -0.05) is 32.9 Å². The highest BCUT2D eigenvalue weighted by molar-refractivity contribution is 5.49. The maximum atomic E-state index is 5.47. The number of ether oxygens (including phenoxy) is 1. The van der Waals surface area contributed by atoms with Gasteiger partial charge < -0.3 is 9.64 Å². The molecule has 1 heterocycles. The summed E-state index contributed by atoms with van der Waals surface area (Å²) in [6.45, 7) is 11.6. The van der Waals surface area contributed by atoms with E-state index in [1.807, 2.05) is 0 Å². The lowest BCUT2D eigenvalue weighted by atomic mass is 9.87. The molecule has 0 aromatic heterocycles. The second kappa shape index (κ2) is 4.69. The standard InChI is InChI=1S/C15H23NO/c1-12-11-17-10-9-16(12)14-7-5-13(6-8-14)15(2,3)4/h5-8,12H,9-11H2,1-4H3/t12-/m1/s1. The Morgan fingerprint density at radius 1 is 1.18 bits per heavy atom. The summed E-state index contributed by atoms with van der Waals surface area (Å²) in [6, 6.07) is 9.45. The third kappa shape index (κ3) is 2.81. The van der Waals surface area contributed by atoms with Gasteiger partial charge >= 0.3 is 0 Å². The lowest BCUT2D eigenvalue weighted by molar-refractivity contribution is 0.0989. The zero-order chi connectivity index (χ0) is 12.5. The van der Waals surface area contributed by atoms with Crippen LogP contribution in [0.25, 0.3) is 0 Å². The zero-order valence-corrected chi connectivity index (χ0v) is 11.4. The van der Waals surface area contributed by atoms with E-state index in [2.05, 4.69) is 56.9 Å². The van der Waals surface area contributed by atoms with Crippen LogP contribution in [0.15, 0.2) is 24.3 Å². The Morgan fingerprint density at radius 2 is 1.82 bits per heavy atom. The normalized spacial score (nSPS) is 21.6. The SMILES string of the molecule is C[C@@H]1COCCN1c1ccc(C(C)(C)C)cc1. The number of morpholine rings is 1. The van der Waals surface area contributed by atoms with Gasteiger partial charge in [-0.05, 0) is 30.0 Å². The predicted molar refractivity (Wildman–Crippen MR) is 72.8 cm³/mol. The first-order chi connectivity index (χ1) is 7.98. The summed E-state index contributed by atoms with van der Waals surface area (Å²) in [7, 11) is 0. The van der Waals surface area contributed by atoms with Crippen molar-refractivity contribution in [3.8, 4) is 0 Å². The van der Waals surface area contributed by atoms with E-state index in [4.69, 9.17) is 4.74 Å². The second-order valence-corrected chi connectivity index (χ2v) is 5.91. The van der Waals surface area contributed by atoms with Crippen LogP contribution in [0, 0.1) is 0 Å². The molecule has 0 bridgehead atoms. The van der Waals surface area contributed by atoms with Crippen LogP contribution in [0.4, 0.5) is 5.69 Å². The van der Waals surface area contributed by atoms with Crippen molar-refractivity contribution >= 4 is 5.69 Å². The molecular weight excluding hydrogens is 210 g/mol. The van der Waals surface area contributed by atoms with Crippen LogP contribution in [0.2, 0.25) is 0 Å². The van der Waals surface area contributed by atoms with E-state index < -0.39 is 0 Å². The first kappa shape index (κ1) is 12.4. The summed E-state index contributed by atoms with van der Waals surface area (Å²) in [6.07, 6.45) is 0. The van der Waals surface area contributed by atoms with Crippen LogP contribution in [-0.2, 0) is 10.2 Å². The van der Waals surface area contributed by atoms with E-state index in [0.717, 1.165) is 19.8 Å². The fourth-order valence-corrected chi connectivity index (χ4v) is 2.26. The number of hydrogen-bond acceptors (Lipinski definition) is 2. The van der Waals surface area contributed by atoms with E-state index in [-0.39, 0.29) is 5.41 Å². The molecule has 1 aromatic carbocycles. The third-order valence-electron chi connectivity index (χ3n) is 3.43. The van der Waals surface area contributed by atoms with Crippen molar-refractivity contribution < 1.29 is 4.74 Å². The molecular formula is C15H23NO. The summed E-state index contributed by atoms with van der Waals surface area (Å²) in [4.78, 5) is 2.43. The Kier molecular flexibility index (Phi) is 3.43. The van der Waals surface area contributed by atoms with Gasteiger partial charge in [-0.15, -0.1) is 0 Å². The first-order valence-electron chi connectivity index (χ1n) is 6.43. The van der Waals surface area contributed by atoms with Gasteiger partial charge in [0.15, 0.2) is 0 Å². The quantitative estimate of drug-likeness (QED) is 0.738. The number of hydrogen-bond donors (Lipinski definition) is 0. The summed E-state index contributed by atoms with van der Waals surface area (Å²) in [5, 5.41) is 0. The molecule has 94 valence electrons. The molecule has 0 unspecified atom stereocenters. The predicted octanol–water partition coefficient (Wildman–Crippen LogP) is 3.21. The minimum atomic E-state index is 0.231. The second-order valence-electron chi connectivity index (χ2n) is 5.91. The molecule has 0 amide bonds. The van der Waals surface area contributed by atoms with Gasteiger partial charge in [-0.2, -0.15) is 0 Å². The van der Waals surface area contributed by atoms with Crippen molar-refractivity contribution in [2.24, 2.45) is 0 Å². The van der Waals surface area contributed by atoms with E-state index in [1.165, 1.54) is 11.3 Å². The monoisotopic (exact) mass is 233 g/mol. The summed E-state index contributed by atoms with van der Waals surface area (Å²) in [5.74, 6) is 0. The van der Waals surface area contributed by atoms with Crippen molar-refractivity contribution in [2.45, 2.75) is 39.2 Å². The molecule has 0 aliphatic carbocycles. The van der Waals surface area contributed by atoms with E-state index in [9.17, 15) is 0 Å². The summed E-state index contributed by atoms with van der Waals surface area (Å²) in [5.41, 5.74) is 2.94. The van der Waals surface area contributed by atoms with Crippen molar-refractivity contribution in [3.05, 3.63) is 29.8 Å². The highest BCUT2D eigenvalue weighted by Crippen LogP contribution is 2.26. The summed E-state index contributed by atoms with van der Waals surface area (Å²) >= 11 is 0. The van der Waals surface area contributed by atoms with E-state index in [1.54, 1.807) is 0 Å². The topological polar surface area (TPSA) is 12.5 Å². The van der Waals surface area contributed by atoms with Gasteiger partial charge in [0, 0.05) is 18.3 Å². The van der Waals surface area contributed by atoms with Crippen molar-refractivity contribution in [1.29, 1.82) is 0 Å². The highest BCUT2D eigenvalue weighted by atomic mass is 16.5. The number of nitrogens with zero attached hydrogens (tertiary/aromatic N) is 1. The molecule has 1 aliphatic heterocycles. The number of benzene rings is 1. The molecule has 0 saturated carbocycles.